The predicted octanol–water partition coefficient (Wildman–Crippen LogP) is 2.34. The Labute approximate surface area is 105 Å². The Morgan fingerprint density at radius 3 is 2.29 bits per heavy atom. The summed E-state index contributed by atoms with van der Waals surface area (Å²) < 4.78 is 0. The first kappa shape index (κ1) is 16.1. The number of carbonyl (C=O) groups is 2. The van der Waals surface area contributed by atoms with E-state index in [0.29, 0.717) is 12.8 Å². The van der Waals surface area contributed by atoms with Crippen LogP contribution in [0, 0.1) is 0 Å². The number of carbonyl (C=O) groups excluding carboxylic acids is 2. The van der Waals surface area contributed by atoms with Crippen molar-refractivity contribution in [2.24, 2.45) is 0 Å². The van der Waals surface area contributed by atoms with E-state index in [0.717, 1.165) is 25.8 Å². The fourth-order valence-electron chi connectivity index (χ4n) is 1.52. The highest BCUT2D eigenvalue weighted by atomic mass is 16.2. The van der Waals surface area contributed by atoms with Crippen LogP contribution in [0.4, 0.5) is 0 Å². The smallest absolute Gasteiger partial charge is 0.234 e. The highest BCUT2D eigenvalue weighted by molar-refractivity contribution is 5.76. The van der Waals surface area contributed by atoms with Crippen LogP contribution in [0.3, 0.4) is 0 Å². The molecule has 0 bridgehead atoms. The molecular formula is C13H26N2O2. The van der Waals surface area contributed by atoms with Crippen molar-refractivity contribution in [3.05, 3.63) is 0 Å². The summed E-state index contributed by atoms with van der Waals surface area (Å²) in [7, 11) is 0. The maximum atomic E-state index is 11.3. The molecule has 0 unspecified atom stereocenters. The van der Waals surface area contributed by atoms with Gasteiger partial charge in [-0.2, -0.15) is 0 Å². The SMILES string of the molecule is CCCCCCNNC(=O)CCCCC(C)=O. The van der Waals surface area contributed by atoms with E-state index in [4.69, 9.17) is 0 Å². The minimum atomic E-state index is 0.0176. The highest BCUT2D eigenvalue weighted by Crippen LogP contribution is 2.00. The first-order valence-electron chi connectivity index (χ1n) is 6.68. The van der Waals surface area contributed by atoms with Crippen LogP contribution in [0.25, 0.3) is 0 Å². The van der Waals surface area contributed by atoms with Crippen molar-refractivity contribution in [2.75, 3.05) is 6.54 Å². The first-order chi connectivity index (χ1) is 8.16. The van der Waals surface area contributed by atoms with Gasteiger partial charge in [0, 0.05) is 19.4 Å². The zero-order valence-electron chi connectivity index (χ0n) is 11.2. The molecule has 0 saturated carbocycles. The van der Waals surface area contributed by atoms with Crippen molar-refractivity contribution in [3.63, 3.8) is 0 Å². The van der Waals surface area contributed by atoms with Gasteiger partial charge in [0.05, 0.1) is 0 Å². The van der Waals surface area contributed by atoms with E-state index in [1.165, 1.54) is 19.3 Å². The van der Waals surface area contributed by atoms with Crippen molar-refractivity contribution in [1.29, 1.82) is 0 Å². The minimum absolute atomic E-state index is 0.0176. The third-order valence-corrected chi connectivity index (χ3v) is 2.57. The topological polar surface area (TPSA) is 58.2 Å². The Morgan fingerprint density at radius 2 is 1.65 bits per heavy atom. The Bertz CT molecular complexity index is 217. The van der Waals surface area contributed by atoms with Gasteiger partial charge in [-0.1, -0.05) is 26.2 Å². The van der Waals surface area contributed by atoms with Crippen LogP contribution in [-0.2, 0) is 9.59 Å². The largest absolute Gasteiger partial charge is 0.300 e. The van der Waals surface area contributed by atoms with E-state index < -0.39 is 0 Å². The Kier molecular flexibility index (Phi) is 11.0. The molecule has 0 aromatic rings. The molecular weight excluding hydrogens is 216 g/mol. The quantitative estimate of drug-likeness (QED) is 0.432. The molecule has 0 aromatic heterocycles. The van der Waals surface area contributed by atoms with Crippen molar-refractivity contribution in [1.82, 2.24) is 10.9 Å². The molecule has 0 fully saturated rings. The van der Waals surface area contributed by atoms with E-state index in [2.05, 4.69) is 17.8 Å². The number of nitrogens with one attached hydrogen (secondary N) is 2. The molecule has 0 saturated heterocycles. The molecule has 17 heavy (non-hydrogen) atoms. The second-order valence-corrected chi connectivity index (χ2v) is 4.44. The second kappa shape index (κ2) is 11.6. The summed E-state index contributed by atoms with van der Waals surface area (Å²) in [5.41, 5.74) is 5.60. The lowest BCUT2D eigenvalue weighted by Crippen LogP contribution is -2.37. The molecule has 2 N–H and O–H groups in total. The lowest BCUT2D eigenvalue weighted by molar-refractivity contribution is -0.122. The van der Waals surface area contributed by atoms with Crippen molar-refractivity contribution in [2.45, 2.75) is 65.2 Å². The van der Waals surface area contributed by atoms with E-state index in [1.807, 2.05) is 0 Å². The molecule has 0 heterocycles. The summed E-state index contributed by atoms with van der Waals surface area (Å²) >= 11 is 0. The number of hydrogen-bond donors (Lipinski definition) is 2. The fraction of sp³-hybridized carbons (Fsp3) is 0.846. The van der Waals surface area contributed by atoms with Gasteiger partial charge in [-0.3, -0.25) is 10.2 Å². The molecule has 0 aliphatic heterocycles. The molecule has 0 aliphatic carbocycles. The van der Waals surface area contributed by atoms with Crippen LogP contribution in [0.1, 0.15) is 65.2 Å². The average molecular weight is 242 g/mol. The Morgan fingerprint density at radius 1 is 0.941 bits per heavy atom. The molecule has 1 amide bonds. The monoisotopic (exact) mass is 242 g/mol. The number of hydrazine groups is 1. The fourth-order valence-corrected chi connectivity index (χ4v) is 1.52. The predicted molar refractivity (Wildman–Crippen MR) is 69.4 cm³/mol. The molecule has 100 valence electrons. The summed E-state index contributed by atoms with van der Waals surface area (Å²) in [6.45, 7) is 4.59. The van der Waals surface area contributed by atoms with Gasteiger partial charge in [0.2, 0.25) is 5.91 Å². The van der Waals surface area contributed by atoms with Crippen LogP contribution >= 0.6 is 0 Å². The van der Waals surface area contributed by atoms with Gasteiger partial charge in [0.15, 0.2) is 0 Å². The zero-order valence-corrected chi connectivity index (χ0v) is 11.2. The van der Waals surface area contributed by atoms with Gasteiger partial charge in [0.1, 0.15) is 5.78 Å². The van der Waals surface area contributed by atoms with Crippen LogP contribution in [0.15, 0.2) is 0 Å². The third-order valence-electron chi connectivity index (χ3n) is 2.57. The summed E-state index contributed by atoms with van der Waals surface area (Å²) in [6.07, 6.45) is 7.44. The van der Waals surface area contributed by atoms with Gasteiger partial charge < -0.3 is 4.79 Å². The van der Waals surface area contributed by atoms with Crippen LogP contribution in [0.5, 0.6) is 0 Å². The third kappa shape index (κ3) is 13.0. The normalized spacial score (nSPS) is 10.2. The van der Waals surface area contributed by atoms with E-state index >= 15 is 0 Å². The van der Waals surface area contributed by atoms with Crippen molar-refractivity contribution in [3.8, 4) is 0 Å². The molecule has 4 heteroatoms. The molecule has 0 aromatic carbocycles. The zero-order chi connectivity index (χ0) is 12.9. The minimum Gasteiger partial charge on any atom is -0.300 e. The molecule has 0 atom stereocenters. The lowest BCUT2D eigenvalue weighted by Gasteiger charge is -2.06. The summed E-state index contributed by atoms with van der Waals surface area (Å²) in [4.78, 5) is 22.0. The molecule has 0 rings (SSSR count). The summed E-state index contributed by atoms with van der Waals surface area (Å²) in [5, 5.41) is 0. The van der Waals surface area contributed by atoms with E-state index in [-0.39, 0.29) is 11.7 Å². The number of unbranched alkanes of at least 4 members (excludes halogenated alkanes) is 4. The molecule has 0 radical (unpaired) electrons. The Balaban J connectivity index is 3.20. The summed E-state index contributed by atoms with van der Waals surface area (Å²) in [5.74, 6) is 0.212. The van der Waals surface area contributed by atoms with E-state index in [1.54, 1.807) is 6.92 Å². The highest BCUT2D eigenvalue weighted by Gasteiger charge is 2.00. The van der Waals surface area contributed by atoms with Crippen LogP contribution < -0.4 is 10.9 Å². The van der Waals surface area contributed by atoms with Crippen LogP contribution in [-0.4, -0.2) is 18.2 Å². The molecule has 4 nitrogen and oxygen atoms in total. The van der Waals surface area contributed by atoms with E-state index in [9.17, 15) is 9.59 Å². The first-order valence-corrected chi connectivity index (χ1v) is 6.68. The second-order valence-electron chi connectivity index (χ2n) is 4.44. The van der Waals surface area contributed by atoms with Gasteiger partial charge in [-0.15, -0.1) is 0 Å². The number of ketones is 1. The van der Waals surface area contributed by atoms with Gasteiger partial charge in [0.25, 0.3) is 0 Å². The lowest BCUT2D eigenvalue weighted by atomic mass is 10.1. The van der Waals surface area contributed by atoms with Crippen LogP contribution in [0.2, 0.25) is 0 Å². The standard InChI is InChI=1S/C13H26N2O2/c1-3-4-5-8-11-14-15-13(17)10-7-6-9-12(2)16/h14H,3-11H2,1-2H3,(H,15,17). The number of rotatable bonds is 11. The van der Waals surface area contributed by atoms with Crippen molar-refractivity contribution < 1.29 is 9.59 Å². The maximum Gasteiger partial charge on any atom is 0.234 e. The number of hydrogen-bond acceptors (Lipinski definition) is 3. The molecule has 0 aliphatic rings. The average Bonchev–Trinajstić information content (AvgIpc) is 2.29. The van der Waals surface area contributed by atoms with Gasteiger partial charge in [-0.25, -0.2) is 5.43 Å². The van der Waals surface area contributed by atoms with Gasteiger partial charge in [-0.05, 0) is 26.2 Å². The Hall–Kier alpha value is -0.900. The number of Topliss-reactive ketones (excluding diaryl/α,β-unsaturated/α-hetero) is 1. The number of amides is 1. The van der Waals surface area contributed by atoms with Crippen molar-refractivity contribution >= 4 is 11.7 Å². The maximum absolute atomic E-state index is 11.3. The molecule has 0 spiro atoms. The summed E-state index contributed by atoms with van der Waals surface area (Å²) in [6, 6.07) is 0. The van der Waals surface area contributed by atoms with Gasteiger partial charge >= 0.3 is 0 Å².